The third kappa shape index (κ3) is 6.44. The number of hydrogen-bond donors (Lipinski definition) is 1. The Balaban J connectivity index is 1.57. The summed E-state index contributed by atoms with van der Waals surface area (Å²) >= 11 is 7.94. The highest BCUT2D eigenvalue weighted by molar-refractivity contribution is 7.98. The van der Waals surface area contributed by atoms with E-state index in [9.17, 15) is 4.79 Å². The topological polar surface area (TPSA) is 69.0 Å². The maximum atomic E-state index is 12.6. The Labute approximate surface area is 214 Å². The molecule has 1 heterocycles. The van der Waals surface area contributed by atoms with E-state index in [4.69, 9.17) is 16.3 Å². The predicted octanol–water partition coefficient (Wildman–Crippen LogP) is 6.09. The Morgan fingerprint density at radius 2 is 1.86 bits per heavy atom. The number of halogens is 1. The zero-order valence-electron chi connectivity index (χ0n) is 19.9. The average Bonchev–Trinajstić information content (AvgIpc) is 3.27. The quantitative estimate of drug-likeness (QED) is 0.278. The van der Waals surface area contributed by atoms with E-state index in [-0.39, 0.29) is 12.5 Å². The minimum atomic E-state index is -0.402. The van der Waals surface area contributed by atoms with Crippen LogP contribution in [-0.4, -0.2) is 27.3 Å². The van der Waals surface area contributed by atoms with E-state index in [2.05, 4.69) is 46.7 Å². The van der Waals surface area contributed by atoms with Crippen molar-refractivity contribution in [3.05, 3.63) is 100 Å². The number of hydrogen-bond acceptors (Lipinski definition) is 5. The van der Waals surface area contributed by atoms with E-state index in [1.807, 2.05) is 66.9 Å². The standard InChI is InChI=1S/C27H27ClN4O2S/c1-18-8-7-9-21(14-18)17-35-27-31-30-26(32(27)24-15-22(28)13-12-19(24)2)20(3)29-25(33)16-34-23-10-5-4-6-11-23/h4-15,20H,16-17H2,1-3H3,(H,29,33). The Kier molecular flexibility index (Phi) is 8.10. The van der Waals surface area contributed by atoms with Crippen LogP contribution in [0.5, 0.6) is 5.75 Å². The molecule has 0 radical (unpaired) electrons. The van der Waals surface area contributed by atoms with Crippen molar-refractivity contribution in [2.24, 2.45) is 0 Å². The number of para-hydroxylation sites is 1. The van der Waals surface area contributed by atoms with Gasteiger partial charge < -0.3 is 10.1 Å². The second-order valence-electron chi connectivity index (χ2n) is 8.28. The van der Waals surface area contributed by atoms with Crippen molar-refractivity contribution in [1.82, 2.24) is 20.1 Å². The SMILES string of the molecule is Cc1cccc(CSc2nnc(C(C)NC(=O)COc3ccccc3)n2-c2cc(Cl)ccc2C)c1. The number of thioether (sulfide) groups is 1. The highest BCUT2D eigenvalue weighted by Crippen LogP contribution is 2.30. The summed E-state index contributed by atoms with van der Waals surface area (Å²) in [5.74, 6) is 1.76. The van der Waals surface area contributed by atoms with Gasteiger partial charge in [-0.05, 0) is 56.2 Å². The maximum Gasteiger partial charge on any atom is 0.258 e. The molecule has 0 fully saturated rings. The number of aryl methyl sites for hydroxylation is 2. The van der Waals surface area contributed by atoms with Crippen molar-refractivity contribution in [1.29, 1.82) is 0 Å². The minimum absolute atomic E-state index is 0.0896. The first kappa shape index (κ1) is 24.8. The predicted molar refractivity (Wildman–Crippen MR) is 140 cm³/mol. The minimum Gasteiger partial charge on any atom is -0.484 e. The molecule has 3 aromatic carbocycles. The van der Waals surface area contributed by atoms with Gasteiger partial charge in [0.05, 0.1) is 11.7 Å². The molecule has 1 aromatic heterocycles. The van der Waals surface area contributed by atoms with Crippen LogP contribution in [0, 0.1) is 13.8 Å². The van der Waals surface area contributed by atoms with Crippen LogP contribution in [0.25, 0.3) is 5.69 Å². The van der Waals surface area contributed by atoms with Gasteiger partial charge in [-0.1, -0.05) is 77.5 Å². The van der Waals surface area contributed by atoms with Crippen LogP contribution in [0.3, 0.4) is 0 Å². The normalized spacial score (nSPS) is 11.8. The third-order valence-corrected chi connectivity index (χ3v) is 6.63. The van der Waals surface area contributed by atoms with Gasteiger partial charge in [0.2, 0.25) is 0 Å². The number of amides is 1. The summed E-state index contributed by atoms with van der Waals surface area (Å²) < 4.78 is 7.56. The fourth-order valence-corrected chi connectivity index (χ4v) is 4.73. The Morgan fingerprint density at radius 1 is 1.06 bits per heavy atom. The van der Waals surface area contributed by atoms with Gasteiger partial charge in [-0.25, -0.2) is 0 Å². The molecule has 6 nitrogen and oxygen atoms in total. The molecule has 0 spiro atoms. The van der Waals surface area contributed by atoms with Crippen molar-refractivity contribution in [2.75, 3.05) is 6.61 Å². The van der Waals surface area contributed by atoms with Gasteiger partial charge in [-0.2, -0.15) is 0 Å². The van der Waals surface area contributed by atoms with E-state index in [1.54, 1.807) is 11.8 Å². The van der Waals surface area contributed by atoms with Gasteiger partial charge in [0.15, 0.2) is 17.6 Å². The number of nitrogens with zero attached hydrogens (tertiary/aromatic N) is 3. The Hall–Kier alpha value is -3.29. The first-order valence-corrected chi connectivity index (χ1v) is 12.6. The lowest BCUT2D eigenvalue weighted by Gasteiger charge is -2.18. The largest absolute Gasteiger partial charge is 0.484 e. The summed E-state index contributed by atoms with van der Waals surface area (Å²) in [4.78, 5) is 12.6. The number of carbonyl (C=O) groups is 1. The molecule has 4 rings (SSSR count). The van der Waals surface area contributed by atoms with E-state index in [0.717, 1.165) is 22.2 Å². The molecule has 35 heavy (non-hydrogen) atoms. The van der Waals surface area contributed by atoms with Gasteiger partial charge in [-0.3, -0.25) is 9.36 Å². The van der Waals surface area contributed by atoms with Crippen LogP contribution < -0.4 is 10.1 Å². The van der Waals surface area contributed by atoms with Crippen LogP contribution >= 0.6 is 23.4 Å². The number of nitrogens with one attached hydrogen (secondary N) is 1. The fraction of sp³-hybridized carbons (Fsp3) is 0.222. The summed E-state index contributed by atoms with van der Waals surface area (Å²) in [5.41, 5.74) is 4.32. The summed E-state index contributed by atoms with van der Waals surface area (Å²) in [7, 11) is 0. The number of ether oxygens (including phenoxy) is 1. The molecule has 0 aliphatic carbocycles. The average molecular weight is 507 g/mol. The molecule has 0 saturated heterocycles. The van der Waals surface area contributed by atoms with Gasteiger partial charge in [0.1, 0.15) is 5.75 Å². The van der Waals surface area contributed by atoms with Gasteiger partial charge in [0, 0.05) is 10.8 Å². The number of aromatic nitrogens is 3. The smallest absolute Gasteiger partial charge is 0.258 e. The van der Waals surface area contributed by atoms with Crippen LogP contribution in [-0.2, 0) is 10.5 Å². The molecular formula is C27H27ClN4O2S. The maximum absolute atomic E-state index is 12.6. The zero-order chi connectivity index (χ0) is 24.8. The monoisotopic (exact) mass is 506 g/mol. The van der Waals surface area contributed by atoms with E-state index >= 15 is 0 Å². The molecule has 180 valence electrons. The lowest BCUT2D eigenvalue weighted by molar-refractivity contribution is -0.123. The molecule has 0 aliphatic rings. The summed E-state index contributed by atoms with van der Waals surface area (Å²) in [6.45, 7) is 5.89. The molecule has 1 N–H and O–H groups in total. The van der Waals surface area contributed by atoms with Crippen molar-refractivity contribution in [3.8, 4) is 11.4 Å². The molecule has 1 amide bonds. The van der Waals surface area contributed by atoms with Crippen molar-refractivity contribution < 1.29 is 9.53 Å². The van der Waals surface area contributed by atoms with Crippen LogP contribution in [0.2, 0.25) is 5.02 Å². The molecule has 4 aromatic rings. The Bertz CT molecular complexity index is 1310. The molecule has 8 heteroatoms. The van der Waals surface area contributed by atoms with E-state index in [0.29, 0.717) is 16.6 Å². The highest BCUT2D eigenvalue weighted by atomic mass is 35.5. The van der Waals surface area contributed by atoms with Crippen molar-refractivity contribution >= 4 is 29.3 Å². The summed E-state index contributed by atoms with van der Waals surface area (Å²) in [5, 5.41) is 13.3. The lowest BCUT2D eigenvalue weighted by atomic mass is 10.2. The molecule has 0 bridgehead atoms. The zero-order valence-corrected chi connectivity index (χ0v) is 21.4. The molecule has 0 saturated carbocycles. The van der Waals surface area contributed by atoms with E-state index in [1.165, 1.54) is 11.1 Å². The summed E-state index contributed by atoms with van der Waals surface area (Å²) in [6.07, 6.45) is 0. The van der Waals surface area contributed by atoms with Gasteiger partial charge in [-0.15, -0.1) is 10.2 Å². The van der Waals surface area contributed by atoms with Crippen LogP contribution in [0.15, 0.2) is 78.0 Å². The third-order valence-electron chi connectivity index (χ3n) is 5.40. The van der Waals surface area contributed by atoms with Gasteiger partial charge in [0.25, 0.3) is 5.91 Å². The Morgan fingerprint density at radius 3 is 2.63 bits per heavy atom. The highest BCUT2D eigenvalue weighted by Gasteiger charge is 2.22. The first-order chi connectivity index (χ1) is 16.9. The van der Waals surface area contributed by atoms with Crippen molar-refractivity contribution in [2.45, 2.75) is 37.7 Å². The summed E-state index contributed by atoms with van der Waals surface area (Å²) in [6, 6.07) is 23.0. The molecule has 0 aliphatic heterocycles. The van der Waals surface area contributed by atoms with Gasteiger partial charge >= 0.3 is 0 Å². The second kappa shape index (κ2) is 11.4. The van der Waals surface area contributed by atoms with Crippen LogP contribution in [0.4, 0.5) is 0 Å². The first-order valence-electron chi connectivity index (χ1n) is 11.3. The van der Waals surface area contributed by atoms with E-state index < -0.39 is 6.04 Å². The molecule has 1 unspecified atom stereocenters. The number of carbonyl (C=O) groups excluding carboxylic acids is 1. The fourth-order valence-electron chi connectivity index (χ4n) is 3.67. The number of benzene rings is 3. The second-order valence-corrected chi connectivity index (χ2v) is 9.65. The van der Waals surface area contributed by atoms with Crippen LogP contribution in [0.1, 0.15) is 35.5 Å². The lowest BCUT2D eigenvalue weighted by Crippen LogP contribution is -2.32. The molecular weight excluding hydrogens is 480 g/mol. The van der Waals surface area contributed by atoms with Crippen molar-refractivity contribution in [3.63, 3.8) is 0 Å². The number of rotatable bonds is 9. The molecule has 1 atom stereocenters.